The number of thioether (sulfide) groups is 1. The molecule has 0 unspecified atom stereocenters. The number of hydrazine groups is 1. The lowest BCUT2D eigenvalue weighted by atomic mass is 10.1. The smallest absolute Gasteiger partial charge is 0.269 e. The van der Waals surface area contributed by atoms with Crippen molar-refractivity contribution in [3.63, 3.8) is 0 Å². The summed E-state index contributed by atoms with van der Waals surface area (Å²) in [4.78, 5) is 37.9. The van der Waals surface area contributed by atoms with Crippen molar-refractivity contribution < 1.29 is 14.4 Å². The van der Waals surface area contributed by atoms with Crippen LogP contribution in [0, 0.1) is 6.92 Å². The molecule has 3 rings (SSSR count). The fraction of sp³-hybridized carbons (Fsp3) is 0.438. The third-order valence-corrected chi connectivity index (χ3v) is 5.94. The fourth-order valence-electron chi connectivity index (χ4n) is 3.11. The molecule has 0 aliphatic carbocycles. The van der Waals surface area contributed by atoms with Crippen LogP contribution < -0.4 is 10.9 Å². The number of fused-ring (bicyclic) bond motifs is 1. The molecule has 2 saturated heterocycles. The Morgan fingerprint density at radius 1 is 1.30 bits per heavy atom. The first-order valence-electron chi connectivity index (χ1n) is 7.54. The molecule has 0 aromatic heterocycles. The van der Waals surface area contributed by atoms with Crippen LogP contribution in [0.3, 0.4) is 0 Å². The molecule has 2 heterocycles. The van der Waals surface area contributed by atoms with Crippen LogP contribution >= 0.6 is 11.8 Å². The summed E-state index contributed by atoms with van der Waals surface area (Å²) in [6.07, 6.45) is 1.23. The Hall–Kier alpha value is -2.02. The Morgan fingerprint density at radius 2 is 2.04 bits per heavy atom. The lowest BCUT2D eigenvalue weighted by molar-refractivity contribution is -0.138. The average Bonchev–Trinajstić information content (AvgIpc) is 3.02. The largest absolute Gasteiger partial charge is 0.315 e. The summed E-state index contributed by atoms with van der Waals surface area (Å²) in [5.41, 5.74) is 6.23. The van der Waals surface area contributed by atoms with Gasteiger partial charge < -0.3 is 4.90 Å². The van der Waals surface area contributed by atoms with Crippen LogP contribution in [-0.2, 0) is 9.59 Å². The minimum absolute atomic E-state index is 0.00267. The van der Waals surface area contributed by atoms with E-state index in [0.29, 0.717) is 17.7 Å². The maximum absolute atomic E-state index is 12.4. The Labute approximate surface area is 139 Å². The second kappa shape index (κ2) is 5.88. The van der Waals surface area contributed by atoms with Crippen molar-refractivity contribution in [3.8, 4) is 0 Å². The summed E-state index contributed by atoms with van der Waals surface area (Å²) in [6, 6.07) is 6.62. The molecular formula is C16H19N3O3S. The van der Waals surface area contributed by atoms with Gasteiger partial charge in [-0.1, -0.05) is 18.2 Å². The second-order valence-electron chi connectivity index (χ2n) is 6.02. The number of carbonyl (C=O) groups is 3. The van der Waals surface area contributed by atoms with Crippen molar-refractivity contribution >= 4 is 29.5 Å². The molecule has 7 heteroatoms. The second-order valence-corrected chi connectivity index (χ2v) is 7.53. The normalized spacial score (nSPS) is 26.1. The number of carbonyl (C=O) groups excluding carboxylic acids is 3. The number of rotatable bonds is 2. The van der Waals surface area contributed by atoms with Crippen molar-refractivity contribution in [1.82, 2.24) is 15.8 Å². The van der Waals surface area contributed by atoms with Gasteiger partial charge in [0, 0.05) is 17.7 Å². The van der Waals surface area contributed by atoms with Gasteiger partial charge in [-0.15, -0.1) is 11.8 Å². The highest BCUT2D eigenvalue weighted by Gasteiger charge is 2.52. The highest BCUT2D eigenvalue weighted by molar-refractivity contribution is 8.01. The lowest BCUT2D eigenvalue weighted by Crippen LogP contribution is -2.54. The van der Waals surface area contributed by atoms with Gasteiger partial charge in [0.1, 0.15) is 6.04 Å². The number of nitrogens with zero attached hydrogens (tertiary/aromatic N) is 1. The van der Waals surface area contributed by atoms with Gasteiger partial charge >= 0.3 is 0 Å². The number of nitrogens with one attached hydrogen (secondary N) is 2. The molecule has 0 radical (unpaired) electrons. The molecule has 122 valence electrons. The summed E-state index contributed by atoms with van der Waals surface area (Å²) >= 11 is 1.62. The fourth-order valence-corrected chi connectivity index (χ4v) is 4.54. The molecule has 0 spiro atoms. The summed E-state index contributed by atoms with van der Waals surface area (Å²) in [7, 11) is 0. The zero-order chi connectivity index (χ0) is 16.6. The SMILES string of the molecule is Cc1ccccc1C(=O)NNC(=O)[C@H]1CS[C@@]2(C)CCC(=O)N12. The van der Waals surface area contributed by atoms with Crippen molar-refractivity contribution in [2.75, 3.05) is 5.75 Å². The van der Waals surface area contributed by atoms with Gasteiger partial charge in [-0.05, 0) is 31.9 Å². The first-order valence-corrected chi connectivity index (χ1v) is 8.53. The molecule has 0 bridgehead atoms. The van der Waals surface area contributed by atoms with Crippen LogP contribution in [0.5, 0.6) is 0 Å². The van der Waals surface area contributed by atoms with Gasteiger partial charge in [-0.25, -0.2) is 0 Å². The van der Waals surface area contributed by atoms with Crippen LogP contribution in [0.4, 0.5) is 0 Å². The molecule has 2 aliphatic heterocycles. The van der Waals surface area contributed by atoms with E-state index in [0.717, 1.165) is 12.0 Å². The summed E-state index contributed by atoms with van der Waals surface area (Å²) in [5.74, 6) is -0.159. The Bertz CT molecular complexity index is 678. The molecule has 1 aromatic carbocycles. The van der Waals surface area contributed by atoms with Crippen LogP contribution in [0.15, 0.2) is 24.3 Å². The van der Waals surface area contributed by atoms with Crippen molar-refractivity contribution in [1.29, 1.82) is 0 Å². The van der Waals surface area contributed by atoms with E-state index in [4.69, 9.17) is 0 Å². The quantitative estimate of drug-likeness (QED) is 0.798. The monoisotopic (exact) mass is 333 g/mol. The maximum Gasteiger partial charge on any atom is 0.269 e. The zero-order valence-corrected chi connectivity index (χ0v) is 13.9. The van der Waals surface area contributed by atoms with E-state index >= 15 is 0 Å². The van der Waals surface area contributed by atoms with E-state index in [1.54, 1.807) is 28.8 Å². The third-order valence-electron chi connectivity index (χ3n) is 4.44. The summed E-state index contributed by atoms with van der Waals surface area (Å²) in [5, 5.41) is 0. The van der Waals surface area contributed by atoms with Crippen molar-refractivity contribution in [2.24, 2.45) is 0 Å². The maximum atomic E-state index is 12.4. The minimum atomic E-state index is -0.530. The van der Waals surface area contributed by atoms with Crippen molar-refractivity contribution in [3.05, 3.63) is 35.4 Å². The highest BCUT2D eigenvalue weighted by atomic mass is 32.2. The number of amides is 3. The molecule has 2 fully saturated rings. The lowest BCUT2D eigenvalue weighted by Gasteiger charge is -2.29. The molecule has 2 aliphatic rings. The number of aryl methyl sites for hydroxylation is 1. The van der Waals surface area contributed by atoms with Gasteiger partial charge in [0.05, 0.1) is 4.87 Å². The van der Waals surface area contributed by atoms with Crippen LogP contribution in [0.1, 0.15) is 35.7 Å². The third kappa shape index (κ3) is 2.81. The molecule has 3 amide bonds. The summed E-state index contributed by atoms with van der Waals surface area (Å²) < 4.78 is 0. The topological polar surface area (TPSA) is 78.5 Å². The van der Waals surface area contributed by atoms with Crippen LogP contribution in [0.25, 0.3) is 0 Å². The predicted octanol–water partition coefficient (Wildman–Crippen LogP) is 1.21. The number of hydrogen-bond acceptors (Lipinski definition) is 4. The predicted molar refractivity (Wildman–Crippen MR) is 87.5 cm³/mol. The van der Waals surface area contributed by atoms with E-state index in [-0.39, 0.29) is 22.6 Å². The molecule has 2 atom stereocenters. The van der Waals surface area contributed by atoms with E-state index in [1.807, 2.05) is 26.0 Å². The van der Waals surface area contributed by atoms with E-state index in [1.165, 1.54) is 0 Å². The number of benzene rings is 1. The molecule has 23 heavy (non-hydrogen) atoms. The molecule has 1 aromatic rings. The average molecular weight is 333 g/mol. The van der Waals surface area contributed by atoms with Gasteiger partial charge in [0.15, 0.2) is 0 Å². The Kier molecular flexibility index (Phi) is 4.06. The van der Waals surface area contributed by atoms with Crippen LogP contribution in [-0.4, -0.2) is 39.3 Å². The van der Waals surface area contributed by atoms with E-state index in [2.05, 4.69) is 10.9 Å². The standard InChI is InChI=1S/C16H19N3O3S/c1-10-5-3-4-6-11(10)14(21)17-18-15(22)12-9-23-16(2)8-7-13(20)19(12)16/h3-6,12H,7-9H2,1-2H3,(H,17,21)(H,18,22)/t12-,16+/m1/s1. The highest BCUT2D eigenvalue weighted by Crippen LogP contribution is 2.47. The summed E-state index contributed by atoms with van der Waals surface area (Å²) in [6.45, 7) is 3.82. The molecule has 6 nitrogen and oxygen atoms in total. The number of hydrogen-bond donors (Lipinski definition) is 2. The first-order chi connectivity index (χ1) is 10.9. The van der Waals surface area contributed by atoms with Gasteiger partial charge in [0.25, 0.3) is 11.8 Å². The Balaban J connectivity index is 1.63. The first kappa shape index (κ1) is 15.9. The van der Waals surface area contributed by atoms with Crippen LogP contribution in [0.2, 0.25) is 0 Å². The van der Waals surface area contributed by atoms with Crippen molar-refractivity contribution in [2.45, 2.75) is 37.6 Å². The Morgan fingerprint density at radius 3 is 2.78 bits per heavy atom. The molecule has 0 saturated carbocycles. The molecular weight excluding hydrogens is 314 g/mol. The minimum Gasteiger partial charge on any atom is -0.315 e. The zero-order valence-electron chi connectivity index (χ0n) is 13.1. The van der Waals surface area contributed by atoms with Gasteiger partial charge in [-0.3, -0.25) is 25.2 Å². The van der Waals surface area contributed by atoms with E-state index < -0.39 is 6.04 Å². The van der Waals surface area contributed by atoms with Gasteiger partial charge in [0.2, 0.25) is 5.91 Å². The van der Waals surface area contributed by atoms with E-state index in [9.17, 15) is 14.4 Å². The molecule has 2 N–H and O–H groups in total. The van der Waals surface area contributed by atoms with Gasteiger partial charge in [-0.2, -0.15) is 0 Å².